The Bertz CT molecular complexity index is 451. The highest BCUT2D eigenvalue weighted by molar-refractivity contribution is 9.10. The van der Waals surface area contributed by atoms with E-state index in [0.29, 0.717) is 4.99 Å². The Hall–Kier alpha value is -0.260. The Kier molecular flexibility index (Phi) is 4.92. The molecule has 1 fully saturated rings. The Balaban J connectivity index is 2.20. The molecule has 0 spiro atoms. The Morgan fingerprint density at radius 1 is 1.61 bits per heavy atom. The number of hydrogen-bond donors (Lipinski definition) is 1. The summed E-state index contributed by atoms with van der Waals surface area (Å²) >= 11 is 10.7. The minimum absolute atomic E-state index is 0.447. The van der Waals surface area contributed by atoms with Crippen LogP contribution < -0.4 is 10.6 Å². The van der Waals surface area contributed by atoms with Crippen LogP contribution >= 0.6 is 39.9 Å². The summed E-state index contributed by atoms with van der Waals surface area (Å²) in [6.07, 6.45) is 1.23. The molecule has 1 aliphatic heterocycles. The number of thiocarbonyl (C=S) groups is 1. The highest BCUT2D eigenvalue weighted by Crippen LogP contribution is 2.31. The molecular formula is C13H17BrN2S2. The quantitative estimate of drug-likeness (QED) is 0.850. The molecule has 98 valence electrons. The van der Waals surface area contributed by atoms with E-state index in [1.807, 2.05) is 12.1 Å². The van der Waals surface area contributed by atoms with Crippen LogP contribution in [-0.2, 0) is 0 Å². The molecular weight excluding hydrogens is 328 g/mol. The minimum atomic E-state index is 0.447. The zero-order valence-electron chi connectivity index (χ0n) is 10.4. The van der Waals surface area contributed by atoms with Gasteiger partial charge in [-0.1, -0.05) is 19.1 Å². The van der Waals surface area contributed by atoms with E-state index in [-0.39, 0.29) is 0 Å². The summed E-state index contributed by atoms with van der Waals surface area (Å²) in [6, 6.07) is 6.13. The molecule has 18 heavy (non-hydrogen) atoms. The lowest BCUT2D eigenvalue weighted by atomic mass is 10.2. The van der Waals surface area contributed by atoms with E-state index in [0.717, 1.165) is 28.4 Å². The van der Waals surface area contributed by atoms with Crippen LogP contribution in [0.1, 0.15) is 18.9 Å². The summed E-state index contributed by atoms with van der Waals surface area (Å²) in [5.74, 6) is 1.20. The van der Waals surface area contributed by atoms with E-state index in [9.17, 15) is 0 Å². The lowest BCUT2D eigenvalue weighted by molar-refractivity contribution is 0.727. The second kappa shape index (κ2) is 6.26. The predicted molar refractivity (Wildman–Crippen MR) is 88.8 cm³/mol. The molecule has 1 aromatic rings. The zero-order chi connectivity index (χ0) is 13.1. The van der Waals surface area contributed by atoms with Crippen molar-refractivity contribution >= 4 is 50.6 Å². The van der Waals surface area contributed by atoms with Crippen molar-refractivity contribution in [3.05, 3.63) is 28.2 Å². The summed E-state index contributed by atoms with van der Waals surface area (Å²) in [7, 11) is 0. The second-order valence-electron chi connectivity index (χ2n) is 4.38. The van der Waals surface area contributed by atoms with Gasteiger partial charge in [0.2, 0.25) is 0 Å². The van der Waals surface area contributed by atoms with E-state index in [1.165, 1.54) is 17.9 Å². The van der Waals surface area contributed by atoms with Gasteiger partial charge in [0.1, 0.15) is 4.99 Å². The first-order chi connectivity index (χ1) is 8.61. The molecule has 1 atom stereocenters. The van der Waals surface area contributed by atoms with Crippen molar-refractivity contribution in [1.82, 2.24) is 0 Å². The number of hydrogen-bond acceptors (Lipinski definition) is 3. The van der Waals surface area contributed by atoms with E-state index < -0.39 is 0 Å². The van der Waals surface area contributed by atoms with Gasteiger partial charge in [-0.2, -0.15) is 11.8 Å². The lowest BCUT2D eigenvalue weighted by Crippen LogP contribution is -2.37. The fraction of sp³-hybridized carbons (Fsp3) is 0.462. The molecule has 2 N–H and O–H groups in total. The largest absolute Gasteiger partial charge is 0.389 e. The first kappa shape index (κ1) is 14.2. The second-order valence-corrected chi connectivity index (χ2v) is 7.08. The topological polar surface area (TPSA) is 29.3 Å². The molecule has 2 rings (SSSR count). The van der Waals surface area contributed by atoms with Crippen molar-refractivity contribution in [2.24, 2.45) is 5.73 Å². The smallest absolute Gasteiger partial charge is 0.104 e. The van der Waals surface area contributed by atoms with Gasteiger partial charge in [-0.15, -0.1) is 0 Å². The summed E-state index contributed by atoms with van der Waals surface area (Å²) in [5.41, 5.74) is 7.81. The van der Waals surface area contributed by atoms with Gasteiger partial charge >= 0.3 is 0 Å². The molecule has 1 saturated heterocycles. The van der Waals surface area contributed by atoms with Gasteiger partial charge < -0.3 is 10.6 Å². The standard InChI is InChI=1S/C13H17BrN2S2/c1-2-10-8-16(5-6-18-10)12-4-3-9(13(15)17)7-11(12)14/h3-4,7,10H,2,5-6,8H2,1H3,(H2,15,17). The van der Waals surface area contributed by atoms with Crippen LogP contribution in [-0.4, -0.2) is 29.1 Å². The van der Waals surface area contributed by atoms with E-state index >= 15 is 0 Å². The SMILES string of the molecule is CCC1CN(c2ccc(C(N)=S)cc2Br)CCS1. The molecule has 0 saturated carbocycles. The van der Waals surface area contributed by atoms with Crippen LogP contribution in [0.3, 0.4) is 0 Å². The normalized spacial score (nSPS) is 19.9. The van der Waals surface area contributed by atoms with Gasteiger partial charge in [0.05, 0.1) is 5.69 Å². The molecule has 1 aromatic carbocycles. The molecule has 2 nitrogen and oxygen atoms in total. The third-order valence-corrected chi connectivity index (χ3v) is 5.41. The van der Waals surface area contributed by atoms with E-state index in [2.05, 4.69) is 45.6 Å². The summed E-state index contributed by atoms with van der Waals surface area (Å²) in [5, 5.41) is 0.737. The van der Waals surface area contributed by atoms with Crippen LogP contribution in [0.15, 0.2) is 22.7 Å². The maximum Gasteiger partial charge on any atom is 0.104 e. The highest BCUT2D eigenvalue weighted by Gasteiger charge is 2.20. The van der Waals surface area contributed by atoms with Gasteiger partial charge in [0.15, 0.2) is 0 Å². The van der Waals surface area contributed by atoms with Crippen molar-refractivity contribution in [2.75, 3.05) is 23.7 Å². The number of rotatable bonds is 3. The minimum Gasteiger partial charge on any atom is -0.389 e. The van der Waals surface area contributed by atoms with E-state index in [1.54, 1.807) is 0 Å². The summed E-state index contributed by atoms with van der Waals surface area (Å²) in [6.45, 7) is 4.48. The molecule has 1 unspecified atom stereocenters. The number of halogens is 1. The molecule has 0 radical (unpaired) electrons. The molecule has 0 bridgehead atoms. The third kappa shape index (κ3) is 3.19. The number of benzene rings is 1. The van der Waals surface area contributed by atoms with E-state index in [4.69, 9.17) is 18.0 Å². The zero-order valence-corrected chi connectivity index (χ0v) is 13.6. The van der Waals surface area contributed by atoms with Gasteiger partial charge in [-0.25, -0.2) is 0 Å². The van der Waals surface area contributed by atoms with Crippen LogP contribution in [0.4, 0.5) is 5.69 Å². The molecule has 1 aliphatic rings. The fourth-order valence-corrected chi connectivity index (χ4v) is 4.04. The monoisotopic (exact) mass is 344 g/mol. The fourth-order valence-electron chi connectivity index (χ4n) is 2.10. The first-order valence-electron chi connectivity index (χ1n) is 6.07. The van der Waals surface area contributed by atoms with Crippen molar-refractivity contribution in [2.45, 2.75) is 18.6 Å². The van der Waals surface area contributed by atoms with Crippen LogP contribution in [0.25, 0.3) is 0 Å². The predicted octanol–water partition coefficient (Wildman–Crippen LogP) is 3.42. The Morgan fingerprint density at radius 3 is 3.00 bits per heavy atom. The van der Waals surface area contributed by atoms with Crippen molar-refractivity contribution in [3.63, 3.8) is 0 Å². The van der Waals surface area contributed by atoms with Crippen LogP contribution in [0.2, 0.25) is 0 Å². The number of nitrogens with two attached hydrogens (primary N) is 1. The average Bonchev–Trinajstić information content (AvgIpc) is 2.38. The van der Waals surface area contributed by atoms with Crippen molar-refractivity contribution in [1.29, 1.82) is 0 Å². The van der Waals surface area contributed by atoms with Crippen LogP contribution in [0, 0.1) is 0 Å². The first-order valence-corrected chi connectivity index (χ1v) is 8.32. The lowest BCUT2D eigenvalue weighted by Gasteiger charge is -2.34. The van der Waals surface area contributed by atoms with Gasteiger partial charge in [0.25, 0.3) is 0 Å². The molecule has 1 heterocycles. The van der Waals surface area contributed by atoms with Gasteiger partial charge in [0, 0.05) is 34.1 Å². The highest BCUT2D eigenvalue weighted by atomic mass is 79.9. The molecule has 5 heteroatoms. The number of anilines is 1. The summed E-state index contributed by atoms with van der Waals surface area (Å²) in [4.78, 5) is 2.89. The summed E-state index contributed by atoms with van der Waals surface area (Å²) < 4.78 is 1.08. The molecule has 0 aromatic heterocycles. The average molecular weight is 345 g/mol. The van der Waals surface area contributed by atoms with Crippen LogP contribution in [0.5, 0.6) is 0 Å². The van der Waals surface area contributed by atoms with Crippen molar-refractivity contribution in [3.8, 4) is 0 Å². The molecule has 0 amide bonds. The Labute approximate surface area is 126 Å². The molecule has 0 aliphatic carbocycles. The number of nitrogens with zero attached hydrogens (tertiary/aromatic N) is 1. The maximum absolute atomic E-state index is 5.65. The van der Waals surface area contributed by atoms with Gasteiger partial charge in [-0.3, -0.25) is 0 Å². The maximum atomic E-state index is 5.65. The Morgan fingerprint density at radius 2 is 2.39 bits per heavy atom. The van der Waals surface area contributed by atoms with Crippen molar-refractivity contribution < 1.29 is 0 Å². The van der Waals surface area contributed by atoms with Gasteiger partial charge in [-0.05, 0) is 40.5 Å². The third-order valence-electron chi connectivity index (χ3n) is 3.17. The number of thioether (sulfide) groups is 1.